The highest BCUT2D eigenvalue weighted by molar-refractivity contribution is 7.91. The third kappa shape index (κ3) is 6.05. The number of carboxylic acids is 1. The maximum absolute atomic E-state index is 11.5. The van der Waals surface area contributed by atoms with E-state index in [1.54, 1.807) is 0 Å². The molecule has 168 valence electrons. The Morgan fingerprint density at radius 2 is 1.84 bits per heavy atom. The van der Waals surface area contributed by atoms with E-state index in [0.717, 1.165) is 12.4 Å². The van der Waals surface area contributed by atoms with Gasteiger partial charge in [-0.25, -0.2) is 13.6 Å². The Kier molecular flexibility index (Phi) is 7.13. The van der Waals surface area contributed by atoms with Gasteiger partial charge in [-0.15, -0.1) is 4.40 Å². The van der Waals surface area contributed by atoms with Crippen LogP contribution in [0.4, 0.5) is 5.69 Å². The first kappa shape index (κ1) is 24.4. The molecule has 0 saturated carbocycles. The van der Waals surface area contributed by atoms with Crippen LogP contribution >= 0.6 is 11.6 Å². The van der Waals surface area contributed by atoms with Crippen molar-refractivity contribution >= 4 is 49.6 Å². The molecule has 8 N–H and O–H groups in total. The largest absolute Gasteiger partial charge is 0.504 e. The summed E-state index contributed by atoms with van der Waals surface area (Å²) in [6.07, 6.45) is 1.09. The summed E-state index contributed by atoms with van der Waals surface area (Å²) >= 11 is 5.70. The second-order valence-corrected chi connectivity index (χ2v) is 9.69. The van der Waals surface area contributed by atoms with Crippen LogP contribution in [0.25, 0.3) is 0 Å². The number of phenols is 2. The highest BCUT2D eigenvalue weighted by Crippen LogP contribution is 2.33. The molecule has 0 spiro atoms. The minimum Gasteiger partial charge on any atom is -0.504 e. The number of carbonyl (C=O) groups is 1. The Morgan fingerprint density at radius 1 is 1.19 bits per heavy atom. The number of hydrogen-bond donors (Lipinski definition) is 6. The van der Waals surface area contributed by atoms with E-state index in [1.165, 1.54) is 24.3 Å². The third-order valence-corrected chi connectivity index (χ3v) is 6.49. The molecule has 0 saturated heterocycles. The second-order valence-electron chi connectivity index (χ2n) is 6.15. The van der Waals surface area contributed by atoms with Gasteiger partial charge in [-0.2, -0.15) is 8.42 Å². The van der Waals surface area contributed by atoms with Crippen LogP contribution in [0.5, 0.6) is 11.5 Å². The molecule has 1 atom stereocenters. The summed E-state index contributed by atoms with van der Waals surface area (Å²) in [5, 5.41) is 33.9. The van der Waals surface area contributed by atoms with Gasteiger partial charge in [0.2, 0.25) is 10.0 Å². The lowest BCUT2D eigenvalue weighted by Gasteiger charge is -2.14. The first-order valence-electron chi connectivity index (χ1n) is 8.13. The number of phenolic OH excluding ortho intramolecular Hbond substituents is 2. The summed E-state index contributed by atoms with van der Waals surface area (Å²) in [5.41, 5.74) is 6.01. The Balaban J connectivity index is 0.000000225. The Hall–Kier alpha value is -2.91. The summed E-state index contributed by atoms with van der Waals surface area (Å²) in [7, 11) is -8.01. The van der Waals surface area contributed by atoms with Crippen molar-refractivity contribution in [3.05, 3.63) is 40.9 Å². The number of sulfonamides is 2. The van der Waals surface area contributed by atoms with E-state index >= 15 is 0 Å². The molecular weight excluding hydrogens is 476 g/mol. The van der Waals surface area contributed by atoms with E-state index in [9.17, 15) is 21.6 Å². The van der Waals surface area contributed by atoms with Crippen LogP contribution in [0.15, 0.2) is 44.5 Å². The number of fused-ring (bicyclic) bond motifs is 1. The SMILES string of the molecule is NS(=O)(=O)c1cc2c(cc1Cl)NC=NS2(=O)=O.N[C@@H](Cc1ccc(O)c(O)c1)C(=O)O. The zero-order valence-corrected chi connectivity index (χ0v) is 17.8. The van der Waals surface area contributed by atoms with Crippen LogP contribution in [-0.4, -0.2) is 50.5 Å². The molecule has 12 nitrogen and oxygen atoms in total. The summed E-state index contributed by atoms with van der Waals surface area (Å²) in [4.78, 5) is 9.68. The molecule has 0 fully saturated rings. The van der Waals surface area contributed by atoms with Crippen molar-refractivity contribution in [2.45, 2.75) is 22.3 Å². The molecule has 0 radical (unpaired) electrons. The first-order valence-corrected chi connectivity index (χ1v) is 11.5. The molecule has 3 rings (SSSR count). The average Bonchev–Trinajstić information content (AvgIpc) is 2.63. The van der Waals surface area contributed by atoms with Crippen molar-refractivity contribution in [3.63, 3.8) is 0 Å². The standard InChI is InChI=1S/C9H11NO4.C7H6ClN3O4S2/c10-6(9(13)14)3-5-1-2-7(11)8(12)4-5;8-4-1-5-7(2-6(4)16(9,12)13)17(14,15)11-3-10-5/h1-2,4,6,11-12H,3,10H2,(H,13,14);1-3H,(H,10,11)(H2,9,12,13)/t6-;/m0./s1. The van der Waals surface area contributed by atoms with Crippen molar-refractivity contribution in [2.75, 3.05) is 5.32 Å². The molecule has 2 aromatic rings. The zero-order valence-electron chi connectivity index (χ0n) is 15.4. The van der Waals surface area contributed by atoms with Gasteiger partial charge in [-0.1, -0.05) is 17.7 Å². The fourth-order valence-electron chi connectivity index (χ4n) is 2.34. The topological polar surface area (TPSA) is 222 Å². The number of carboxylic acid groups (broad SMARTS) is 1. The predicted octanol–water partition coefficient (Wildman–Crippen LogP) is 0.182. The van der Waals surface area contributed by atoms with Crippen LogP contribution < -0.4 is 16.2 Å². The van der Waals surface area contributed by atoms with Crippen LogP contribution in [0.2, 0.25) is 5.02 Å². The maximum Gasteiger partial charge on any atom is 0.320 e. The molecule has 31 heavy (non-hydrogen) atoms. The average molecular weight is 493 g/mol. The number of nitrogens with zero attached hydrogens (tertiary/aromatic N) is 1. The highest BCUT2D eigenvalue weighted by atomic mass is 35.5. The summed E-state index contributed by atoms with van der Waals surface area (Å²) < 4.78 is 48.7. The lowest BCUT2D eigenvalue weighted by molar-refractivity contribution is -0.138. The zero-order chi connectivity index (χ0) is 23.6. The number of primary sulfonamides is 1. The molecule has 1 aliphatic rings. The smallest absolute Gasteiger partial charge is 0.320 e. The fourth-order valence-corrected chi connectivity index (χ4v) is 4.48. The number of nitrogens with one attached hydrogen (secondary N) is 1. The number of halogens is 1. The summed E-state index contributed by atoms with van der Waals surface area (Å²) in [6.45, 7) is 0. The van der Waals surface area contributed by atoms with E-state index in [1.807, 2.05) is 0 Å². The van der Waals surface area contributed by atoms with Crippen LogP contribution in [0.1, 0.15) is 5.56 Å². The number of hydrogen-bond acceptors (Lipinski definition) is 9. The Labute approximate surface area is 181 Å². The summed E-state index contributed by atoms with van der Waals surface area (Å²) in [5.74, 6) is -1.62. The van der Waals surface area contributed by atoms with Gasteiger partial charge in [-0.05, 0) is 36.2 Å². The molecular formula is C16H17ClN4O8S2. The van der Waals surface area contributed by atoms with Gasteiger partial charge < -0.3 is 26.4 Å². The van der Waals surface area contributed by atoms with E-state index in [0.29, 0.717) is 5.56 Å². The van der Waals surface area contributed by atoms with Crippen LogP contribution in [0, 0.1) is 0 Å². The molecule has 15 heteroatoms. The van der Waals surface area contributed by atoms with Crippen molar-refractivity contribution in [1.29, 1.82) is 0 Å². The van der Waals surface area contributed by atoms with E-state index in [-0.39, 0.29) is 33.5 Å². The highest BCUT2D eigenvalue weighted by Gasteiger charge is 2.25. The van der Waals surface area contributed by atoms with Crippen molar-refractivity contribution in [2.24, 2.45) is 15.3 Å². The van der Waals surface area contributed by atoms with Crippen molar-refractivity contribution < 1.29 is 36.9 Å². The van der Waals surface area contributed by atoms with E-state index in [4.69, 9.17) is 37.8 Å². The van der Waals surface area contributed by atoms with E-state index < -0.39 is 37.0 Å². The number of aromatic hydroxyl groups is 2. The lowest BCUT2D eigenvalue weighted by atomic mass is 10.1. The normalized spacial score (nSPS) is 15.1. The minimum absolute atomic E-state index is 0.114. The first-order chi connectivity index (χ1) is 14.2. The van der Waals surface area contributed by atoms with Gasteiger partial charge in [0, 0.05) is 0 Å². The Morgan fingerprint density at radius 3 is 2.39 bits per heavy atom. The van der Waals surface area contributed by atoms with Gasteiger partial charge in [0.1, 0.15) is 22.2 Å². The van der Waals surface area contributed by atoms with Gasteiger partial charge >= 0.3 is 5.97 Å². The number of anilines is 1. The lowest BCUT2D eigenvalue weighted by Crippen LogP contribution is -2.32. The molecule has 0 unspecified atom stereocenters. The van der Waals surface area contributed by atoms with Gasteiger partial charge in [0.25, 0.3) is 10.0 Å². The minimum atomic E-state index is -4.09. The van der Waals surface area contributed by atoms with E-state index in [2.05, 4.69) is 9.71 Å². The summed E-state index contributed by atoms with van der Waals surface area (Å²) in [6, 6.07) is 5.14. The molecule has 0 bridgehead atoms. The van der Waals surface area contributed by atoms with Crippen LogP contribution in [-0.2, 0) is 31.3 Å². The number of nitrogens with two attached hydrogens (primary N) is 2. The quantitative estimate of drug-likeness (QED) is 0.317. The molecule has 1 heterocycles. The van der Waals surface area contributed by atoms with Crippen molar-refractivity contribution in [1.82, 2.24) is 0 Å². The van der Waals surface area contributed by atoms with Crippen molar-refractivity contribution in [3.8, 4) is 11.5 Å². The maximum atomic E-state index is 11.5. The van der Waals surface area contributed by atoms with Gasteiger partial charge in [0.05, 0.1) is 10.7 Å². The molecule has 0 aliphatic carbocycles. The number of benzene rings is 2. The molecule has 0 aromatic heterocycles. The van der Waals surface area contributed by atoms with Crippen LogP contribution in [0.3, 0.4) is 0 Å². The molecule has 2 aromatic carbocycles. The fraction of sp³-hybridized carbons (Fsp3) is 0.125. The monoisotopic (exact) mass is 492 g/mol. The number of rotatable bonds is 4. The molecule has 1 aliphatic heterocycles. The van der Waals surface area contributed by atoms with Gasteiger partial charge in [0.15, 0.2) is 11.5 Å². The predicted molar refractivity (Wildman–Crippen MR) is 111 cm³/mol. The molecule has 0 amide bonds. The van der Waals surface area contributed by atoms with Gasteiger partial charge in [-0.3, -0.25) is 4.79 Å². The Bertz CT molecular complexity index is 1260. The number of aliphatic carboxylic acids is 1. The third-order valence-electron chi connectivity index (χ3n) is 3.84. The second kappa shape index (κ2) is 9.07.